The molecule has 0 unspecified atom stereocenters. The van der Waals surface area contributed by atoms with Crippen molar-refractivity contribution in [3.63, 3.8) is 0 Å². The maximum absolute atomic E-state index is 5.52. The normalized spacial score (nSPS) is 16.0. The molecule has 0 bridgehead atoms. The fourth-order valence-electron chi connectivity index (χ4n) is 2.55. The van der Waals surface area contributed by atoms with Crippen LogP contribution in [0, 0.1) is 0 Å². The standard InChI is InChI=1S/C17H36N4O2/c1-3-4-13-22-15-16-23-14-9-20-17(18-2)19-8-7-12-21-10-5-6-11-21/h3-16H2,1-2H3,(H2,18,19,20). The van der Waals surface area contributed by atoms with Crippen molar-refractivity contribution < 1.29 is 9.47 Å². The maximum atomic E-state index is 5.52. The fourth-order valence-corrected chi connectivity index (χ4v) is 2.55. The van der Waals surface area contributed by atoms with Crippen LogP contribution < -0.4 is 10.6 Å². The molecule has 0 saturated carbocycles. The van der Waals surface area contributed by atoms with Gasteiger partial charge >= 0.3 is 0 Å². The number of aliphatic imine (C=N–C) groups is 1. The van der Waals surface area contributed by atoms with E-state index in [2.05, 4.69) is 27.4 Å². The zero-order valence-electron chi connectivity index (χ0n) is 15.1. The third-order valence-electron chi connectivity index (χ3n) is 3.92. The summed E-state index contributed by atoms with van der Waals surface area (Å²) in [7, 11) is 1.80. The van der Waals surface area contributed by atoms with E-state index < -0.39 is 0 Å². The number of likely N-dealkylation sites (tertiary alicyclic amines) is 1. The molecule has 1 saturated heterocycles. The second kappa shape index (κ2) is 14.7. The second-order valence-corrected chi connectivity index (χ2v) is 5.91. The molecular formula is C17H36N4O2. The van der Waals surface area contributed by atoms with Crippen molar-refractivity contribution in [3.8, 4) is 0 Å². The van der Waals surface area contributed by atoms with Crippen LogP contribution in [0.25, 0.3) is 0 Å². The lowest BCUT2D eigenvalue weighted by Crippen LogP contribution is -2.40. The Hall–Kier alpha value is -0.850. The number of unbranched alkanes of at least 4 members (excludes halogenated alkanes) is 1. The van der Waals surface area contributed by atoms with Crippen LogP contribution in [0.1, 0.15) is 39.0 Å². The summed E-state index contributed by atoms with van der Waals surface area (Å²) in [6.07, 6.45) is 6.18. The van der Waals surface area contributed by atoms with E-state index in [-0.39, 0.29) is 0 Å². The summed E-state index contributed by atoms with van der Waals surface area (Å²) in [6.45, 7) is 10.5. The highest BCUT2D eigenvalue weighted by molar-refractivity contribution is 5.79. The first-order valence-electron chi connectivity index (χ1n) is 9.19. The molecule has 0 atom stereocenters. The van der Waals surface area contributed by atoms with Crippen LogP contribution in [0.5, 0.6) is 0 Å². The van der Waals surface area contributed by atoms with Crippen LogP contribution in [0.2, 0.25) is 0 Å². The Labute approximate surface area is 142 Å². The predicted molar refractivity (Wildman–Crippen MR) is 96.2 cm³/mol. The summed E-state index contributed by atoms with van der Waals surface area (Å²) in [4.78, 5) is 6.76. The van der Waals surface area contributed by atoms with E-state index in [1.165, 1.54) is 38.9 Å². The van der Waals surface area contributed by atoms with Crippen LogP contribution in [0.4, 0.5) is 0 Å². The van der Waals surface area contributed by atoms with E-state index in [1.54, 1.807) is 7.05 Å². The molecule has 1 aliphatic heterocycles. The zero-order valence-corrected chi connectivity index (χ0v) is 15.1. The van der Waals surface area contributed by atoms with Gasteiger partial charge in [0, 0.05) is 26.7 Å². The van der Waals surface area contributed by atoms with Crippen molar-refractivity contribution in [1.82, 2.24) is 15.5 Å². The summed E-state index contributed by atoms with van der Waals surface area (Å²) in [5.41, 5.74) is 0. The Kier molecular flexibility index (Phi) is 12.9. The van der Waals surface area contributed by atoms with E-state index >= 15 is 0 Å². The third kappa shape index (κ3) is 11.3. The topological polar surface area (TPSA) is 58.1 Å². The maximum Gasteiger partial charge on any atom is 0.191 e. The summed E-state index contributed by atoms with van der Waals surface area (Å²) in [6, 6.07) is 0. The molecule has 6 heteroatoms. The summed E-state index contributed by atoms with van der Waals surface area (Å²) in [5, 5.41) is 6.62. The van der Waals surface area contributed by atoms with E-state index in [1.807, 2.05) is 0 Å². The summed E-state index contributed by atoms with van der Waals surface area (Å²) < 4.78 is 11.0. The minimum absolute atomic E-state index is 0.660. The van der Waals surface area contributed by atoms with Crippen molar-refractivity contribution in [2.75, 3.05) is 66.2 Å². The largest absolute Gasteiger partial charge is 0.379 e. The molecule has 0 radical (unpaired) electrons. The molecule has 2 N–H and O–H groups in total. The zero-order chi connectivity index (χ0) is 16.6. The number of nitrogens with one attached hydrogen (secondary N) is 2. The Balaban J connectivity index is 1.87. The van der Waals surface area contributed by atoms with Crippen molar-refractivity contribution in [3.05, 3.63) is 0 Å². The molecule has 0 spiro atoms. The average Bonchev–Trinajstić information content (AvgIpc) is 3.08. The van der Waals surface area contributed by atoms with E-state index in [0.29, 0.717) is 19.8 Å². The van der Waals surface area contributed by atoms with Crippen molar-refractivity contribution in [2.24, 2.45) is 4.99 Å². The number of hydrogen-bond acceptors (Lipinski definition) is 4. The van der Waals surface area contributed by atoms with Crippen LogP contribution in [-0.4, -0.2) is 77.1 Å². The smallest absolute Gasteiger partial charge is 0.191 e. The number of nitrogens with zero attached hydrogens (tertiary/aromatic N) is 2. The van der Waals surface area contributed by atoms with Gasteiger partial charge in [-0.3, -0.25) is 4.99 Å². The van der Waals surface area contributed by atoms with Gasteiger partial charge in [-0.05, 0) is 45.3 Å². The van der Waals surface area contributed by atoms with Crippen molar-refractivity contribution in [1.29, 1.82) is 0 Å². The van der Waals surface area contributed by atoms with E-state index in [4.69, 9.17) is 9.47 Å². The molecule has 6 nitrogen and oxygen atoms in total. The summed E-state index contributed by atoms with van der Waals surface area (Å²) >= 11 is 0. The monoisotopic (exact) mass is 328 g/mol. The Morgan fingerprint density at radius 3 is 2.35 bits per heavy atom. The van der Waals surface area contributed by atoms with Gasteiger partial charge in [0.05, 0.1) is 19.8 Å². The first-order chi connectivity index (χ1) is 11.4. The van der Waals surface area contributed by atoms with Crippen molar-refractivity contribution >= 4 is 5.96 Å². The van der Waals surface area contributed by atoms with Gasteiger partial charge in [-0.1, -0.05) is 13.3 Å². The van der Waals surface area contributed by atoms with Gasteiger partial charge in [-0.15, -0.1) is 0 Å². The van der Waals surface area contributed by atoms with E-state index in [9.17, 15) is 0 Å². The Morgan fingerprint density at radius 2 is 1.65 bits per heavy atom. The highest BCUT2D eigenvalue weighted by Crippen LogP contribution is 2.06. The minimum atomic E-state index is 0.660. The molecule has 0 aromatic carbocycles. The first-order valence-corrected chi connectivity index (χ1v) is 9.19. The minimum Gasteiger partial charge on any atom is -0.379 e. The average molecular weight is 329 g/mol. The van der Waals surface area contributed by atoms with Gasteiger partial charge in [0.25, 0.3) is 0 Å². The Bertz CT molecular complexity index is 294. The molecule has 1 fully saturated rings. The number of hydrogen-bond donors (Lipinski definition) is 2. The molecule has 0 aromatic heterocycles. The van der Waals surface area contributed by atoms with Crippen LogP contribution in [0.3, 0.4) is 0 Å². The SMILES string of the molecule is CCCCOCCOCCNC(=NC)NCCCN1CCCC1. The molecule has 23 heavy (non-hydrogen) atoms. The number of guanidine groups is 1. The summed E-state index contributed by atoms with van der Waals surface area (Å²) in [5.74, 6) is 0.856. The number of rotatable bonds is 13. The van der Waals surface area contributed by atoms with Crippen molar-refractivity contribution in [2.45, 2.75) is 39.0 Å². The molecule has 0 amide bonds. The van der Waals surface area contributed by atoms with Crippen LogP contribution in [0.15, 0.2) is 4.99 Å². The second-order valence-electron chi connectivity index (χ2n) is 5.91. The lowest BCUT2D eigenvalue weighted by atomic mass is 10.4. The lowest BCUT2D eigenvalue weighted by Gasteiger charge is -2.16. The van der Waals surface area contributed by atoms with Crippen LogP contribution in [-0.2, 0) is 9.47 Å². The van der Waals surface area contributed by atoms with Gasteiger partial charge in [-0.2, -0.15) is 0 Å². The molecule has 136 valence electrons. The lowest BCUT2D eigenvalue weighted by molar-refractivity contribution is 0.0487. The van der Waals surface area contributed by atoms with Gasteiger partial charge in [0.2, 0.25) is 0 Å². The molecule has 1 aliphatic rings. The van der Waals surface area contributed by atoms with Crippen LogP contribution >= 0.6 is 0 Å². The molecule has 1 heterocycles. The van der Waals surface area contributed by atoms with Gasteiger partial charge < -0.3 is 25.0 Å². The predicted octanol–water partition coefficient (Wildman–Crippen LogP) is 1.47. The molecule has 0 aliphatic carbocycles. The number of ether oxygens (including phenoxy) is 2. The van der Waals surface area contributed by atoms with Gasteiger partial charge in [-0.25, -0.2) is 0 Å². The first kappa shape index (κ1) is 20.2. The Morgan fingerprint density at radius 1 is 0.957 bits per heavy atom. The van der Waals surface area contributed by atoms with E-state index in [0.717, 1.165) is 38.5 Å². The van der Waals surface area contributed by atoms with Gasteiger partial charge in [0.1, 0.15) is 0 Å². The highest BCUT2D eigenvalue weighted by atomic mass is 16.5. The third-order valence-corrected chi connectivity index (χ3v) is 3.92. The van der Waals surface area contributed by atoms with Gasteiger partial charge in [0.15, 0.2) is 5.96 Å². The fraction of sp³-hybridized carbons (Fsp3) is 0.941. The molecular weight excluding hydrogens is 292 g/mol. The molecule has 1 rings (SSSR count). The molecule has 0 aromatic rings. The quantitative estimate of drug-likeness (QED) is 0.305. The highest BCUT2D eigenvalue weighted by Gasteiger charge is 2.10.